The van der Waals surface area contributed by atoms with E-state index in [2.05, 4.69) is 5.32 Å². The summed E-state index contributed by atoms with van der Waals surface area (Å²) in [6.45, 7) is 3.85. The van der Waals surface area contributed by atoms with Crippen LogP contribution >= 0.6 is 11.6 Å². The van der Waals surface area contributed by atoms with Gasteiger partial charge in [0.15, 0.2) is 6.73 Å². The van der Waals surface area contributed by atoms with Crippen LogP contribution in [0.5, 0.6) is 11.5 Å². The van der Waals surface area contributed by atoms with Crippen molar-refractivity contribution in [3.63, 3.8) is 0 Å². The summed E-state index contributed by atoms with van der Waals surface area (Å²) >= 11 is 6.10. The van der Waals surface area contributed by atoms with Gasteiger partial charge in [0.25, 0.3) is 0 Å². The Bertz CT molecular complexity index is 678. The van der Waals surface area contributed by atoms with Gasteiger partial charge in [-0.2, -0.15) is 0 Å². The maximum atomic E-state index is 12.1. The molecule has 122 valence electrons. The zero-order valence-corrected chi connectivity index (χ0v) is 14.0. The second kappa shape index (κ2) is 7.24. The Balaban J connectivity index is 1.90. The molecule has 0 saturated carbocycles. The Morgan fingerprint density at radius 1 is 1.22 bits per heavy atom. The molecule has 2 rings (SSSR count). The smallest absolute Gasteiger partial charge is 0.324 e. The minimum atomic E-state index is -0.307. The largest absolute Gasteiger partial charge is 0.508 e. The van der Waals surface area contributed by atoms with Gasteiger partial charge in [0.2, 0.25) is 0 Å². The van der Waals surface area contributed by atoms with E-state index in [9.17, 15) is 9.90 Å². The molecule has 0 atom stereocenters. The van der Waals surface area contributed by atoms with E-state index in [4.69, 9.17) is 16.3 Å². The zero-order valence-electron chi connectivity index (χ0n) is 13.3. The number of halogens is 1. The summed E-state index contributed by atoms with van der Waals surface area (Å²) in [6, 6.07) is 9.70. The van der Waals surface area contributed by atoms with Crippen molar-refractivity contribution < 1.29 is 14.6 Å². The van der Waals surface area contributed by atoms with Gasteiger partial charge in [-0.05, 0) is 61.4 Å². The molecule has 0 aliphatic rings. The van der Waals surface area contributed by atoms with Crippen LogP contribution in [0.15, 0.2) is 36.4 Å². The molecule has 0 fully saturated rings. The van der Waals surface area contributed by atoms with Crippen LogP contribution in [0, 0.1) is 13.8 Å². The molecule has 0 aliphatic heterocycles. The third-order valence-electron chi connectivity index (χ3n) is 3.41. The highest BCUT2D eigenvalue weighted by Gasteiger charge is 2.10. The predicted molar refractivity (Wildman–Crippen MR) is 91.5 cm³/mol. The first-order valence-electron chi connectivity index (χ1n) is 7.08. The number of aromatic hydroxyl groups is 1. The van der Waals surface area contributed by atoms with Gasteiger partial charge in [0.1, 0.15) is 11.5 Å². The van der Waals surface area contributed by atoms with Crippen molar-refractivity contribution in [2.24, 2.45) is 0 Å². The number of carbonyl (C=O) groups excluding carboxylic acids is 1. The molecule has 23 heavy (non-hydrogen) atoms. The average Bonchev–Trinajstić information content (AvgIpc) is 2.52. The summed E-state index contributed by atoms with van der Waals surface area (Å²) in [4.78, 5) is 13.5. The minimum absolute atomic E-state index is 0.0434. The molecule has 6 heteroatoms. The second-order valence-electron chi connectivity index (χ2n) is 5.22. The molecule has 2 N–H and O–H groups in total. The van der Waals surface area contributed by atoms with Gasteiger partial charge >= 0.3 is 6.03 Å². The normalized spacial score (nSPS) is 10.3. The number of nitrogens with zero attached hydrogens (tertiary/aromatic N) is 1. The van der Waals surface area contributed by atoms with Crippen LogP contribution in [0.3, 0.4) is 0 Å². The summed E-state index contributed by atoms with van der Waals surface area (Å²) in [7, 11) is 1.64. The highest BCUT2D eigenvalue weighted by atomic mass is 35.5. The van der Waals surface area contributed by atoms with Gasteiger partial charge < -0.3 is 15.2 Å². The maximum absolute atomic E-state index is 12.1. The number of benzene rings is 2. The third-order valence-corrected chi connectivity index (χ3v) is 4.01. The molecule has 0 aromatic heterocycles. The first-order chi connectivity index (χ1) is 10.9. The van der Waals surface area contributed by atoms with Crippen molar-refractivity contribution in [1.82, 2.24) is 5.32 Å². The van der Waals surface area contributed by atoms with Crippen LogP contribution in [-0.4, -0.2) is 24.9 Å². The van der Waals surface area contributed by atoms with E-state index < -0.39 is 0 Å². The lowest BCUT2D eigenvalue weighted by Gasteiger charge is -2.18. The van der Waals surface area contributed by atoms with Crippen molar-refractivity contribution >= 4 is 23.3 Å². The number of phenols is 1. The van der Waals surface area contributed by atoms with E-state index in [-0.39, 0.29) is 18.5 Å². The van der Waals surface area contributed by atoms with Crippen LogP contribution in [0.1, 0.15) is 11.1 Å². The maximum Gasteiger partial charge on any atom is 0.324 e. The number of aryl methyl sites for hydroxylation is 2. The Labute approximate surface area is 140 Å². The average molecular weight is 335 g/mol. The number of ether oxygens (including phenoxy) is 1. The van der Waals surface area contributed by atoms with E-state index in [0.717, 1.165) is 11.1 Å². The lowest BCUT2D eigenvalue weighted by Crippen LogP contribution is -2.39. The van der Waals surface area contributed by atoms with E-state index in [0.29, 0.717) is 16.5 Å². The number of amides is 2. The number of carbonyl (C=O) groups is 1. The molecule has 0 radical (unpaired) electrons. The summed E-state index contributed by atoms with van der Waals surface area (Å²) in [5.74, 6) is 0.802. The summed E-state index contributed by atoms with van der Waals surface area (Å²) < 4.78 is 5.54. The van der Waals surface area contributed by atoms with Gasteiger partial charge in [0.05, 0.1) is 0 Å². The second-order valence-corrected chi connectivity index (χ2v) is 5.60. The molecule has 0 aliphatic carbocycles. The van der Waals surface area contributed by atoms with Crippen LogP contribution in [-0.2, 0) is 0 Å². The number of rotatable bonds is 4. The van der Waals surface area contributed by atoms with Crippen LogP contribution < -0.4 is 15.0 Å². The minimum Gasteiger partial charge on any atom is -0.508 e. The zero-order chi connectivity index (χ0) is 17.0. The van der Waals surface area contributed by atoms with Crippen LogP contribution in [0.2, 0.25) is 5.02 Å². The van der Waals surface area contributed by atoms with Crippen molar-refractivity contribution in [3.05, 3.63) is 52.5 Å². The van der Waals surface area contributed by atoms with E-state index >= 15 is 0 Å². The molecule has 0 bridgehead atoms. The highest BCUT2D eigenvalue weighted by molar-refractivity contribution is 6.32. The molecule has 2 aromatic rings. The standard InChI is InChI=1S/C17H19ClN2O3/c1-11-8-15(9-12(2)16(11)18)23-10-19-17(22)20(3)13-4-6-14(21)7-5-13/h4-9,21H,10H2,1-3H3,(H,19,22). The summed E-state index contributed by atoms with van der Waals surface area (Å²) in [5.41, 5.74) is 2.52. The molecular formula is C17H19ClN2O3. The molecular weight excluding hydrogens is 316 g/mol. The number of nitrogens with one attached hydrogen (secondary N) is 1. The molecule has 2 aromatic carbocycles. The number of hydrogen-bond acceptors (Lipinski definition) is 3. The quantitative estimate of drug-likeness (QED) is 0.835. The van der Waals surface area contributed by atoms with Gasteiger partial charge in [-0.1, -0.05) is 11.6 Å². The van der Waals surface area contributed by atoms with Gasteiger partial charge in [0, 0.05) is 17.8 Å². The van der Waals surface area contributed by atoms with Crippen LogP contribution in [0.4, 0.5) is 10.5 Å². The molecule has 0 spiro atoms. The summed E-state index contributed by atoms with van der Waals surface area (Å²) in [6.07, 6.45) is 0. The van der Waals surface area contributed by atoms with Gasteiger partial charge in [-0.3, -0.25) is 4.90 Å². The topological polar surface area (TPSA) is 61.8 Å². The van der Waals surface area contributed by atoms with E-state index in [1.54, 1.807) is 19.2 Å². The molecule has 0 heterocycles. The van der Waals surface area contributed by atoms with Gasteiger partial charge in [-0.25, -0.2) is 4.79 Å². The Kier molecular flexibility index (Phi) is 5.34. The molecule has 2 amide bonds. The summed E-state index contributed by atoms with van der Waals surface area (Å²) in [5, 5.41) is 12.6. The molecule has 5 nitrogen and oxygen atoms in total. The first-order valence-corrected chi connectivity index (χ1v) is 7.46. The fourth-order valence-electron chi connectivity index (χ4n) is 2.08. The van der Waals surface area contributed by atoms with Crippen molar-refractivity contribution in [1.29, 1.82) is 0 Å². The Morgan fingerprint density at radius 3 is 2.35 bits per heavy atom. The molecule has 0 saturated heterocycles. The SMILES string of the molecule is Cc1cc(OCNC(=O)N(C)c2ccc(O)cc2)cc(C)c1Cl. The third kappa shape index (κ3) is 4.29. The van der Waals surface area contributed by atoms with E-state index in [1.807, 2.05) is 26.0 Å². The molecule has 0 unspecified atom stereocenters. The van der Waals surface area contributed by atoms with Gasteiger partial charge in [-0.15, -0.1) is 0 Å². The fourth-order valence-corrected chi connectivity index (χ4v) is 2.19. The number of urea groups is 1. The predicted octanol–water partition coefficient (Wildman–Crippen LogP) is 3.84. The fraction of sp³-hybridized carbons (Fsp3) is 0.235. The van der Waals surface area contributed by atoms with Crippen LogP contribution in [0.25, 0.3) is 0 Å². The van der Waals surface area contributed by atoms with Crippen molar-refractivity contribution in [3.8, 4) is 11.5 Å². The highest BCUT2D eigenvalue weighted by Crippen LogP contribution is 2.25. The monoisotopic (exact) mass is 334 g/mol. The number of anilines is 1. The Morgan fingerprint density at radius 2 is 1.78 bits per heavy atom. The lowest BCUT2D eigenvalue weighted by atomic mass is 10.1. The Hall–Kier alpha value is -2.40. The lowest BCUT2D eigenvalue weighted by molar-refractivity contribution is 0.230. The first kappa shape index (κ1) is 17.0. The van der Waals surface area contributed by atoms with Crippen molar-refractivity contribution in [2.45, 2.75) is 13.8 Å². The van der Waals surface area contributed by atoms with E-state index in [1.165, 1.54) is 17.0 Å². The number of hydrogen-bond donors (Lipinski definition) is 2. The number of phenolic OH excluding ortho intramolecular Hbond substituents is 1. The van der Waals surface area contributed by atoms with Crippen molar-refractivity contribution in [2.75, 3.05) is 18.7 Å².